The second-order valence-corrected chi connectivity index (χ2v) is 7.78. The molecule has 3 nitrogen and oxygen atoms in total. The fourth-order valence-corrected chi connectivity index (χ4v) is 3.13. The van der Waals surface area contributed by atoms with Gasteiger partial charge in [0, 0.05) is 19.6 Å². The number of benzene rings is 1. The van der Waals surface area contributed by atoms with Crippen molar-refractivity contribution < 1.29 is 13.7 Å². The Labute approximate surface area is 139 Å². The number of hydrogen-bond donors (Lipinski definition) is 0. The molecule has 2 aliphatic rings. The van der Waals surface area contributed by atoms with Gasteiger partial charge in [-0.3, -0.25) is 4.90 Å². The fraction of sp³-hybridized carbons (Fsp3) is 0.667. The van der Waals surface area contributed by atoms with Gasteiger partial charge in [-0.15, -0.1) is 0 Å². The lowest BCUT2D eigenvalue weighted by molar-refractivity contribution is 0.00578. The topological polar surface area (TPSA) is 21.7 Å². The molecule has 0 spiro atoms. The Bertz CT molecular complexity index is 540. The van der Waals surface area contributed by atoms with Gasteiger partial charge in [-0.1, -0.05) is 24.3 Å². The van der Waals surface area contributed by atoms with Gasteiger partial charge in [0.2, 0.25) is 0 Å². The van der Waals surface area contributed by atoms with Gasteiger partial charge < -0.3 is 9.31 Å². The monoisotopic (exact) mass is 319 g/mol. The highest BCUT2D eigenvalue weighted by atomic mass is 19.1. The minimum absolute atomic E-state index is 0.323. The first-order valence-electron chi connectivity index (χ1n) is 8.58. The first-order chi connectivity index (χ1) is 10.8. The maximum Gasteiger partial charge on any atom is 0.494 e. The molecule has 0 bridgehead atoms. The van der Waals surface area contributed by atoms with Crippen molar-refractivity contribution in [2.75, 3.05) is 13.1 Å². The molecular weight excluding hydrogens is 292 g/mol. The Kier molecular flexibility index (Phi) is 4.56. The van der Waals surface area contributed by atoms with Gasteiger partial charge >= 0.3 is 7.12 Å². The van der Waals surface area contributed by atoms with Crippen LogP contribution in [0.4, 0.5) is 4.39 Å². The molecule has 1 aromatic rings. The Balaban J connectivity index is 1.69. The molecule has 0 aromatic heterocycles. The van der Waals surface area contributed by atoms with Crippen molar-refractivity contribution in [1.82, 2.24) is 4.90 Å². The standard InChI is InChI=1S/C18H27BFNO2/c1-17(2)18(3,4)23-19(22-17)15-7-5-6-14(12-15)13-21-10-8-16(20)9-11-21/h5-7,12,16H,8-11,13H2,1-4H3. The van der Waals surface area contributed by atoms with Crippen LogP contribution in [0.2, 0.25) is 0 Å². The number of rotatable bonds is 3. The molecule has 0 radical (unpaired) electrons. The molecule has 5 heteroatoms. The van der Waals surface area contributed by atoms with Crippen LogP contribution in [-0.2, 0) is 15.9 Å². The van der Waals surface area contributed by atoms with Crippen molar-refractivity contribution in [1.29, 1.82) is 0 Å². The molecule has 0 unspecified atom stereocenters. The van der Waals surface area contributed by atoms with E-state index in [9.17, 15) is 4.39 Å². The van der Waals surface area contributed by atoms with E-state index in [0.29, 0.717) is 12.8 Å². The van der Waals surface area contributed by atoms with Gasteiger partial charge in [-0.25, -0.2) is 4.39 Å². The minimum atomic E-state index is -0.623. The second kappa shape index (κ2) is 6.19. The van der Waals surface area contributed by atoms with Crippen LogP contribution in [0.25, 0.3) is 0 Å². The normalized spacial score (nSPS) is 25.0. The SMILES string of the molecule is CC1(C)OB(c2cccc(CN3CCC(F)CC3)c2)OC1(C)C. The number of likely N-dealkylation sites (tertiary alicyclic amines) is 1. The molecule has 2 fully saturated rings. The molecule has 2 saturated heterocycles. The van der Waals surface area contributed by atoms with Gasteiger partial charge in [-0.2, -0.15) is 0 Å². The third kappa shape index (κ3) is 3.62. The quantitative estimate of drug-likeness (QED) is 0.800. The molecule has 2 aliphatic heterocycles. The Morgan fingerprint density at radius 1 is 1.13 bits per heavy atom. The number of piperidine rings is 1. The number of halogens is 1. The first kappa shape index (κ1) is 16.9. The van der Waals surface area contributed by atoms with Crippen LogP contribution in [0.3, 0.4) is 0 Å². The second-order valence-electron chi connectivity index (χ2n) is 7.78. The van der Waals surface area contributed by atoms with E-state index in [4.69, 9.17) is 9.31 Å². The van der Waals surface area contributed by atoms with Crippen LogP contribution in [0.5, 0.6) is 0 Å². The van der Waals surface area contributed by atoms with E-state index in [0.717, 1.165) is 25.1 Å². The molecule has 0 aliphatic carbocycles. The molecular formula is C18H27BFNO2. The van der Waals surface area contributed by atoms with E-state index in [1.54, 1.807) is 0 Å². The van der Waals surface area contributed by atoms with Gasteiger partial charge in [0.05, 0.1) is 11.2 Å². The van der Waals surface area contributed by atoms with Crippen LogP contribution in [0.1, 0.15) is 46.1 Å². The lowest BCUT2D eigenvalue weighted by atomic mass is 9.78. The van der Waals surface area contributed by atoms with Crippen LogP contribution in [-0.4, -0.2) is 42.5 Å². The summed E-state index contributed by atoms with van der Waals surface area (Å²) >= 11 is 0. The number of alkyl halides is 1. The summed E-state index contributed by atoms with van der Waals surface area (Å²) < 4.78 is 25.5. The third-order valence-electron chi connectivity index (χ3n) is 5.40. The average molecular weight is 319 g/mol. The van der Waals surface area contributed by atoms with Gasteiger partial charge in [0.1, 0.15) is 6.17 Å². The van der Waals surface area contributed by atoms with Crippen molar-refractivity contribution in [2.24, 2.45) is 0 Å². The first-order valence-corrected chi connectivity index (χ1v) is 8.58. The summed E-state index contributed by atoms with van der Waals surface area (Å²) in [6, 6.07) is 8.39. The van der Waals surface area contributed by atoms with E-state index in [2.05, 4.69) is 56.9 Å². The van der Waals surface area contributed by atoms with Gasteiger partial charge in [0.25, 0.3) is 0 Å². The maximum absolute atomic E-state index is 13.2. The Morgan fingerprint density at radius 2 is 1.74 bits per heavy atom. The van der Waals surface area contributed by atoms with Gasteiger partial charge in [-0.05, 0) is 51.6 Å². The highest BCUT2D eigenvalue weighted by Gasteiger charge is 2.51. The van der Waals surface area contributed by atoms with Crippen molar-refractivity contribution in [3.8, 4) is 0 Å². The summed E-state index contributed by atoms with van der Waals surface area (Å²) in [5.74, 6) is 0. The van der Waals surface area contributed by atoms with Crippen molar-refractivity contribution in [2.45, 2.75) is 64.5 Å². The smallest absolute Gasteiger partial charge is 0.399 e. The summed E-state index contributed by atoms with van der Waals surface area (Å²) in [4.78, 5) is 2.32. The molecule has 126 valence electrons. The molecule has 3 rings (SSSR count). The van der Waals surface area contributed by atoms with Crippen molar-refractivity contribution in [3.05, 3.63) is 29.8 Å². The molecule has 0 amide bonds. The number of nitrogens with zero attached hydrogens (tertiary/aromatic N) is 1. The van der Waals surface area contributed by atoms with E-state index in [1.165, 1.54) is 5.56 Å². The van der Waals surface area contributed by atoms with E-state index >= 15 is 0 Å². The Hall–Kier alpha value is -0.905. The van der Waals surface area contributed by atoms with Crippen LogP contribution in [0.15, 0.2) is 24.3 Å². The zero-order chi connectivity index (χ0) is 16.7. The lowest BCUT2D eigenvalue weighted by Gasteiger charge is -2.32. The van der Waals surface area contributed by atoms with Crippen molar-refractivity contribution in [3.63, 3.8) is 0 Å². The molecule has 23 heavy (non-hydrogen) atoms. The highest BCUT2D eigenvalue weighted by Crippen LogP contribution is 2.36. The summed E-state index contributed by atoms with van der Waals surface area (Å²) in [6.07, 6.45) is 0.677. The van der Waals surface area contributed by atoms with Crippen LogP contribution >= 0.6 is 0 Å². The third-order valence-corrected chi connectivity index (χ3v) is 5.40. The Morgan fingerprint density at radius 3 is 2.35 bits per heavy atom. The highest BCUT2D eigenvalue weighted by molar-refractivity contribution is 6.62. The van der Waals surface area contributed by atoms with Crippen LogP contribution in [0, 0.1) is 0 Å². The summed E-state index contributed by atoms with van der Waals surface area (Å²) in [5, 5.41) is 0. The molecule has 0 atom stereocenters. The largest absolute Gasteiger partial charge is 0.494 e. The average Bonchev–Trinajstić information content (AvgIpc) is 2.70. The zero-order valence-corrected chi connectivity index (χ0v) is 14.6. The molecule has 0 N–H and O–H groups in total. The molecule has 1 aromatic carbocycles. The molecule has 2 heterocycles. The summed E-state index contributed by atoms with van der Waals surface area (Å²) in [7, 11) is -0.323. The summed E-state index contributed by atoms with van der Waals surface area (Å²) in [6.45, 7) is 10.8. The summed E-state index contributed by atoms with van der Waals surface area (Å²) in [5.41, 5.74) is 1.64. The molecule has 0 saturated carbocycles. The maximum atomic E-state index is 13.2. The van der Waals surface area contributed by atoms with E-state index in [1.807, 2.05) is 0 Å². The van der Waals surface area contributed by atoms with Crippen LogP contribution < -0.4 is 5.46 Å². The van der Waals surface area contributed by atoms with Crippen molar-refractivity contribution >= 4 is 12.6 Å². The predicted octanol–water partition coefficient (Wildman–Crippen LogP) is 2.92. The minimum Gasteiger partial charge on any atom is -0.399 e. The number of hydrogen-bond acceptors (Lipinski definition) is 3. The zero-order valence-electron chi connectivity index (χ0n) is 14.6. The fourth-order valence-electron chi connectivity index (χ4n) is 3.13. The predicted molar refractivity (Wildman–Crippen MR) is 91.6 cm³/mol. The lowest BCUT2D eigenvalue weighted by Crippen LogP contribution is -2.41. The van der Waals surface area contributed by atoms with E-state index in [-0.39, 0.29) is 18.3 Å². The van der Waals surface area contributed by atoms with E-state index < -0.39 is 6.17 Å². The van der Waals surface area contributed by atoms with Gasteiger partial charge in [0.15, 0.2) is 0 Å².